The second-order valence-corrected chi connectivity index (χ2v) is 8.30. The quantitative estimate of drug-likeness (QED) is 0.584. The number of hydrogen-bond donors (Lipinski definition) is 0. The van der Waals surface area contributed by atoms with Crippen LogP contribution < -0.4 is 0 Å². The molecule has 0 aliphatic heterocycles. The van der Waals surface area contributed by atoms with Gasteiger partial charge in [-0.1, -0.05) is 65.7 Å². The van der Waals surface area contributed by atoms with Crippen molar-refractivity contribution >= 4 is 33.0 Å². The van der Waals surface area contributed by atoms with E-state index in [1.54, 1.807) is 18.2 Å². The summed E-state index contributed by atoms with van der Waals surface area (Å²) in [6.45, 7) is 0. The van der Waals surface area contributed by atoms with Crippen LogP contribution in [0.25, 0.3) is 22.3 Å². The lowest BCUT2D eigenvalue weighted by atomic mass is 9.95. The van der Waals surface area contributed by atoms with Crippen molar-refractivity contribution < 1.29 is 8.42 Å². The first-order valence-electron chi connectivity index (χ1n) is 7.21. The van der Waals surface area contributed by atoms with Crippen molar-refractivity contribution in [3.8, 4) is 22.3 Å². The standard InChI is InChI=1S/C19H14Cl2O2S/c1-24(22,23)15-9-6-13(7-10-15)16-4-2-3-5-17(16)14-8-11-18(20)19(21)12-14/h2-12H,1H3. The lowest BCUT2D eigenvalue weighted by Gasteiger charge is -2.11. The molecule has 0 aliphatic carbocycles. The molecule has 0 spiro atoms. The Kier molecular flexibility index (Phi) is 4.68. The molecule has 0 aromatic heterocycles. The van der Waals surface area contributed by atoms with Crippen LogP contribution in [0.15, 0.2) is 71.6 Å². The average Bonchev–Trinajstić information content (AvgIpc) is 2.57. The Morgan fingerprint density at radius 1 is 0.708 bits per heavy atom. The van der Waals surface area contributed by atoms with E-state index in [0.29, 0.717) is 14.9 Å². The monoisotopic (exact) mass is 376 g/mol. The molecular formula is C19H14Cl2O2S. The van der Waals surface area contributed by atoms with Gasteiger partial charge in [0.05, 0.1) is 14.9 Å². The SMILES string of the molecule is CS(=O)(=O)c1ccc(-c2ccccc2-c2ccc(Cl)c(Cl)c2)cc1. The van der Waals surface area contributed by atoms with Crippen LogP contribution in [0, 0.1) is 0 Å². The molecule has 0 saturated heterocycles. The molecule has 0 radical (unpaired) electrons. The van der Waals surface area contributed by atoms with Crippen LogP contribution in [0.3, 0.4) is 0 Å². The number of rotatable bonds is 3. The Balaban J connectivity index is 2.11. The Bertz CT molecular complexity index is 994. The normalized spacial score (nSPS) is 11.5. The Morgan fingerprint density at radius 2 is 1.25 bits per heavy atom. The lowest BCUT2D eigenvalue weighted by Crippen LogP contribution is -1.96. The highest BCUT2D eigenvalue weighted by Crippen LogP contribution is 2.35. The van der Waals surface area contributed by atoms with Gasteiger partial charge in [0.15, 0.2) is 9.84 Å². The van der Waals surface area contributed by atoms with Gasteiger partial charge in [-0.15, -0.1) is 0 Å². The third kappa shape index (κ3) is 3.48. The molecule has 0 atom stereocenters. The molecule has 0 fully saturated rings. The molecule has 3 aromatic rings. The predicted molar refractivity (Wildman–Crippen MR) is 100 cm³/mol. The van der Waals surface area contributed by atoms with Gasteiger partial charge in [-0.05, 0) is 46.5 Å². The van der Waals surface area contributed by atoms with Gasteiger partial charge in [0.1, 0.15) is 0 Å². The maximum Gasteiger partial charge on any atom is 0.175 e. The molecule has 0 N–H and O–H groups in total. The van der Waals surface area contributed by atoms with Crippen LogP contribution in [0.2, 0.25) is 10.0 Å². The van der Waals surface area contributed by atoms with E-state index in [9.17, 15) is 8.42 Å². The minimum Gasteiger partial charge on any atom is -0.224 e. The number of sulfone groups is 1. The molecule has 3 rings (SSSR count). The molecular weight excluding hydrogens is 363 g/mol. The summed E-state index contributed by atoms with van der Waals surface area (Å²) in [6.07, 6.45) is 1.20. The zero-order chi connectivity index (χ0) is 17.3. The molecule has 5 heteroatoms. The predicted octanol–water partition coefficient (Wildman–Crippen LogP) is 5.73. The molecule has 0 heterocycles. The maximum absolute atomic E-state index is 11.6. The van der Waals surface area contributed by atoms with Crippen molar-refractivity contribution in [1.29, 1.82) is 0 Å². The van der Waals surface area contributed by atoms with Gasteiger partial charge in [0.25, 0.3) is 0 Å². The molecule has 122 valence electrons. The summed E-state index contributed by atoms with van der Waals surface area (Å²) in [5.74, 6) is 0. The van der Waals surface area contributed by atoms with Crippen LogP contribution >= 0.6 is 23.2 Å². The van der Waals surface area contributed by atoms with Gasteiger partial charge < -0.3 is 0 Å². The summed E-state index contributed by atoms with van der Waals surface area (Å²) in [7, 11) is -3.21. The van der Waals surface area contributed by atoms with Crippen LogP contribution in [0.4, 0.5) is 0 Å². The fourth-order valence-electron chi connectivity index (χ4n) is 2.53. The summed E-state index contributed by atoms with van der Waals surface area (Å²) >= 11 is 12.1. The zero-order valence-corrected chi connectivity index (χ0v) is 15.2. The summed E-state index contributed by atoms with van der Waals surface area (Å²) in [6, 6.07) is 20.3. The number of halogens is 2. The average molecular weight is 377 g/mol. The van der Waals surface area contributed by atoms with Crippen molar-refractivity contribution in [3.63, 3.8) is 0 Å². The number of benzene rings is 3. The zero-order valence-electron chi connectivity index (χ0n) is 12.8. The van der Waals surface area contributed by atoms with Gasteiger partial charge in [-0.3, -0.25) is 0 Å². The van der Waals surface area contributed by atoms with Crippen LogP contribution in [0.5, 0.6) is 0 Å². The minimum absolute atomic E-state index is 0.304. The van der Waals surface area contributed by atoms with E-state index in [1.807, 2.05) is 48.5 Å². The largest absolute Gasteiger partial charge is 0.224 e. The highest BCUT2D eigenvalue weighted by atomic mass is 35.5. The first kappa shape index (κ1) is 17.0. The summed E-state index contributed by atoms with van der Waals surface area (Å²) in [5.41, 5.74) is 3.88. The molecule has 0 aliphatic rings. The van der Waals surface area contributed by atoms with Gasteiger partial charge in [-0.2, -0.15) is 0 Å². The van der Waals surface area contributed by atoms with Crippen LogP contribution in [-0.2, 0) is 9.84 Å². The van der Waals surface area contributed by atoms with Gasteiger partial charge in [0, 0.05) is 6.26 Å². The van der Waals surface area contributed by atoms with Crippen molar-refractivity contribution in [2.75, 3.05) is 6.26 Å². The lowest BCUT2D eigenvalue weighted by molar-refractivity contribution is 0.602. The third-order valence-electron chi connectivity index (χ3n) is 3.75. The van der Waals surface area contributed by atoms with E-state index in [4.69, 9.17) is 23.2 Å². The van der Waals surface area contributed by atoms with Crippen LogP contribution in [-0.4, -0.2) is 14.7 Å². The Hall–Kier alpha value is -1.81. The maximum atomic E-state index is 11.6. The van der Waals surface area contributed by atoms with E-state index in [2.05, 4.69) is 0 Å². The van der Waals surface area contributed by atoms with Crippen molar-refractivity contribution in [2.24, 2.45) is 0 Å². The van der Waals surface area contributed by atoms with E-state index in [1.165, 1.54) is 6.26 Å². The van der Waals surface area contributed by atoms with E-state index in [-0.39, 0.29) is 0 Å². The fourth-order valence-corrected chi connectivity index (χ4v) is 3.46. The van der Waals surface area contributed by atoms with Gasteiger partial charge in [0.2, 0.25) is 0 Å². The van der Waals surface area contributed by atoms with Crippen molar-refractivity contribution in [3.05, 3.63) is 76.8 Å². The van der Waals surface area contributed by atoms with Gasteiger partial charge in [-0.25, -0.2) is 8.42 Å². The highest BCUT2D eigenvalue weighted by molar-refractivity contribution is 7.90. The van der Waals surface area contributed by atoms with Crippen molar-refractivity contribution in [1.82, 2.24) is 0 Å². The molecule has 3 aromatic carbocycles. The minimum atomic E-state index is -3.21. The molecule has 0 unspecified atom stereocenters. The molecule has 2 nitrogen and oxygen atoms in total. The second-order valence-electron chi connectivity index (χ2n) is 5.47. The van der Waals surface area contributed by atoms with E-state index < -0.39 is 9.84 Å². The molecule has 0 amide bonds. The first-order valence-corrected chi connectivity index (χ1v) is 9.86. The van der Waals surface area contributed by atoms with Crippen molar-refractivity contribution in [2.45, 2.75) is 4.90 Å². The third-order valence-corrected chi connectivity index (χ3v) is 5.62. The fraction of sp³-hybridized carbons (Fsp3) is 0.0526. The first-order chi connectivity index (χ1) is 11.4. The van der Waals surface area contributed by atoms with E-state index >= 15 is 0 Å². The smallest absolute Gasteiger partial charge is 0.175 e. The molecule has 0 saturated carbocycles. The van der Waals surface area contributed by atoms with E-state index in [0.717, 1.165) is 22.3 Å². The highest BCUT2D eigenvalue weighted by Gasteiger charge is 2.11. The van der Waals surface area contributed by atoms with Crippen LogP contribution in [0.1, 0.15) is 0 Å². The topological polar surface area (TPSA) is 34.1 Å². The Morgan fingerprint density at radius 3 is 1.79 bits per heavy atom. The Labute approximate surface area is 151 Å². The summed E-state index contributed by atoms with van der Waals surface area (Å²) < 4.78 is 23.2. The molecule has 24 heavy (non-hydrogen) atoms. The summed E-state index contributed by atoms with van der Waals surface area (Å²) in [4.78, 5) is 0.304. The second kappa shape index (κ2) is 6.60. The molecule has 0 bridgehead atoms. The van der Waals surface area contributed by atoms with Gasteiger partial charge >= 0.3 is 0 Å². The number of hydrogen-bond acceptors (Lipinski definition) is 2. The summed E-state index contributed by atoms with van der Waals surface area (Å²) in [5, 5.41) is 1.01.